The van der Waals surface area contributed by atoms with Gasteiger partial charge in [-0.3, -0.25) is 9.69 Å². The van der Waals surface area contributed by atoms with Crippen LogP contribution < -0.4 is 4.90 Å². The van der Waals surface area contributed by atoms with Crippen LogP contribution in [0.2, 0.25) is 0 Å². The first-order valence-corrected chi connectivity index (χ1v) is 9.41. The van der Waals surface area contributed by atoms with E-state index in [-0.39, 0.29) is 29.8 Å². The predicted octanol–water partition coefficient (Wildman–Crippen LogP) is 0.942. The van der Waals surface area contributed by atoms with Gasteiger partial charge in [-0.2, -0.15) is 0 Å². The van der Waals surface area contributed by atoms with Crippen molar-refractivity contribution in [3.05, 3.63) is 29.8 Å². The Morgan fingerprint density at radius 1 is 1.30 bits per heavy atom. The number of fused-ring (bicyclic) bond motifs is 1. The summed E-state index contributed by atoms with van der Waals surface area (Å²) in [5.74, 6) is -0.640. The Hall–Kier alpha value is -1.89. The van der Waals surface area contributed by atoms with Gasteiger partial charge in [0.2, 0.25) is 5.91 Å². The normalized spacial score (nSPS) is 25.2. The van der Waals surface area contributed by atoms with Gasteiger partial charge in [0.05, 0.1) is 18.6 Å². The van der Waals surface area contributed by atoms with Crippen LogP contribution >= 0.6 is 0 Å². The van der Waals surface area contributed by atoms with Crippen molar-refractivity contribution < 1.29 is 22.7 Å². The fourth-order valence-corrected chi connectivity index (χ4v) is 5.26. The lowest BCUT2D eigenvalue weighted by Gasteiger charge is -2.24. The number of benzene rings is 1. The number of nitrogens with zero attached hydrogens (tertiary/aromatic N) is 1. The summed E-state index contributed by atoms with van der Waals surface area (Å²) in [4.78, 5) is 26.2. The Bertz CT molecular complexity index is 743. The molecule has 2 aliphatic rings. The first kappa shape index (κ1) is 16.0. The minimum absolute atomic E-state index is 0.0527. The summed E-state index contributed by atoms with van der Waals surface area (Å²) in [5, 5.41) is 0. The van der Waals surface area contributed by atoms with Crippen LogP contribution in [0.25, 0.3) is 0 Å². The van der Waals surface area contributed by atoms with Crippen LogP contribution in [0.5, 0.6) is 0 Å². The Balaban J connectivity index is 1.82. The van der Waals surface area contributed by atoms with Crippen molar-refractivity contribution in [2.24, 2.45) is 5.92 Å². The third-order valence-electron chi connectivity index (χ3n) is 4.51. The summed E-state index contributed by atoms with van der Waals surface area (Å²) < 4.78 is 27.9. The Kier molecular flexibility index (Phi) is 4.14. The molecule has 0 bridgehead atoms. The maximum absolute atomic E-state index is 12.7. The number of sulfone groups is 1. The largest absolute Gasteiger partial charge is 0.467 e. The molecule has 3 rings (SSSR count). The van der Waals surface area contributed by atoms with Crippen LogP contribution in [-0.2, 0) is 30.6 Å². The topological polar surface area (TPSA) is 80.8 Å². The number of anilines is 1. The number of hydrogen-bond acceptors (Lipinski definition) is 5. The molecular formula is C16H19NO5S. The number of carbonyl (C=O) groups excluding carboxylic acids is 2. The second kappa shape index (κ2) is 5.96. The number of methoxy groups -OCH3 is 1. The molecule has 23 heavy (non-hydrogen) atoms. The van der Waals surface area contributed by atoms with E-state index < -0.39 is 21.8 Å². The maximum Gasteiger partial charge on any atom is 0.329 e. The second-order valence-corrected chi connectivity index (χ2v) is 8.34. The molecule has 0 N–H and O–H groups in total. The highest BCUT2D eigenvalue weighted by Crippen LogP contribution is 2.34. The molecule has 7 heteroatoms. The van der Waals surface area contributed by atoms with Crippen LogP contribution in [0, 0.1) is 5.92 Å². The van der Waals surface area contributed by atoms with Crippen LogP contribution in [0.15, 0.2) is 24.3 Å². The molecule has 2 aliphatic heterocycles. The van der Waals surface area contributed by atoms with Gasteiger partial charge in [0.1, 0.15) is 6.04 Å². The fraction of sp³-hybridized carbons (Fsp3) is 0.500. The molecule has 2 atom stereocenters. The molecule has 2 heterocycles. The zero-order valence-electron chi connectivity index (χ0n) is 12.9. The van der Waals surface area contributed by atoms with E-state index in [4.69, 9.17) is 4.74 Å². The van der Waals surface area contributed by atoms with Gasteiger partial charge >= 0.3 is 5.97 Å². The smallest absolute Gasteiger partial charge is 0.329 e. The molecule has 0 aliphatic carbocycles. The molecule has 0 saturated carbocycles. The molecule has 0 spiro atoms. The Morgan fingerprint density at radius 3 is 2.70 bits per heavy atom. The van der Waals surface area contributed by atoms with Gasteiger partial charge in [-0.1, -0.05) is 18.2 Å². The molecular weight excluding hydrogens is 318 g/mol. The summed E-state index contributed by atoms with van der Waals surface area (Å²) >= 11 is 0. The number of para-hydroxylation sites is 1. The molecule has 1 saturated heterocycles. The lowest BCUT2D eigenvalue weighted by atomic mass is 10.0. The van der Waals surface area contributed by atoms with Gasteiger partial charge in [-0.05, 0) is 24.0 Å². The van der Waals surface area contributed by atoms with Crippen molar-refractivity contribution in [2.45, 2.75) is 25.3 Å². The number of esters is 1. The first-order valence-electron chi connectivity index (χ1n) is 7.59. The van der Waals surface area contributed by atoms with Crippen LogP contribution in [0.4, 0.5) is 5.69 Å². The minimum Gasteiger partial charge on any atom is -0.467 e. The van der Waals surface area contributed by atoms with Crippen molar-refractivity contribution >= 4 is 27.4 Å². The van der Waals surface area contributed by atoms with E-state index >= 15 is 0 Å². The van der Waals surface area contributed by atoms with Gasteiger partial charge in [0, 0.05) is 18.5 Å². The highest BCUT2D eigenvalue weighted by atomic mass is 32.2. The Morgan fingerprint density at radius 2 is 2.04 bits per heavy atom. The summed E-state index contributed by atoms with van der Waals surface area (Å²) in [5.41, 5.74) is 1.64. The van der Waals surface area contributed by atoms with E-state index in [0.29, 0.717) is 18.5 Å². The van der Waals surface area contributed by atoms with Crippen LogP contribution in [0.1, 0.15) is 18.4 Å². The quantitative estimate of drug-likeness (QED) is 0.767. The fourth-order valence-electron chi connectivity index (χ4n) is 3.40. The number of amides is 1. The van der Waals surface area contributed by atoms with Crippen molar-refractivity contribution in [1.82, 2.24) is 0 Å². The van der Waals surface area contributed by atoms with E-state index in [2.05, 4.69) is 0 Å². The summed E-state index contributed by atoms with van der Waals surface area (Å²) in [6.45, 7) is 0. The second-order valence-electron chi connectivity index (χ2n) is 6.11. The lowest BCUT2D eigenvalue weighted by Crippen LogP contribution is -2.44. The van der Waals surface area contributed by atoms with Gasteiger partial charge in [0.15, 0.2) is 9.84 Å². The van der Waals surface area contributed by atoms with E-state index in [1.165, 1.54) is 12.0 Å². The highest BCUT2D eigenvalue weighted by molar-refractivity contribution is 7.91. The Labute approximate surface area is 135 Å². The van der Waals surface area contributed by atoms with Crippen molar-refractivity contribution in [3.8, 4) is 0 Å². The van der Waals surface area contributed by atoms with E-state index in [0.717, 1.165) is 5.56 Å². The molecule has 6 nitrogen and oxygen atoms in total. The number of carbonyl (C=O) groups is 2. The van der Waals surface area contributed by atoms with Gasteiger partial charge in [0.25, 0.3) is 0 Å². The molecule has 2 unspecified atom stereocenters. The third kappa shape index (κ3) is 3.10. The standard InChI is InChI=1S/C16H19NO5S/c1-22-16(19)14-9-12-4-2-3-5-13(12)17(14)15(18)8-11-6-7-23(20,21)10-11/h2-5,11,14H,6-10H2,1H3. The summed E-state index contributed by atoms with van der Waals surface area (Å²) in [7, 11) is -1.72. The first-order chi connectivity index (χ1) is 10.9. The van der Waals surface area contributed by atoms with Crippen LogP contribution in [0.3, 0.4) is 0 Å². The van der Waals surface area contributed by atoms with Gasteiger partial charge in [-0.25, -0.2) is 13.2 Å². The number of ether oxygens (including phenoxy) is 1. The van der Waals surface area contributed by atoms with Gasteiger partial charge < -0.3 is 4.74 Å². The summed E-state index contributed by atoms with van der Waals surface area (Å²) in [6, 6.07) is 6.71. The van der Waals surface area contributed by atoms with Crippen molar-refractivity contribution in [2.75, 3.05) is 23.5 Å². The molecule has 124 valence electrons. The summed E-state index contributed by atoms with van der Waals surface area (Å²) in [6.07, 6.45) is 1.07. The zero-order chi connectivity index (χ0) is 16.6. The zero-order valence-corrected chi connectivity index (χ0v) is 13.7. The molecule has 0 aromatic heterocycles. The van der Waals surface area contributed by atoms with Gasteiger partial charge in [-0.15, -0.1) is 0 Å². The number of rotatable bonds is 3. The maximum atomic E-state index is 12.7. The van der Waals surface area contributed by atoms with E-state index in [1.54, 1.807) is 0 Å². The van der Waals surface area contributed by atoms with Crippen LogP contribution in [-0.4, -0.2) is 45.0 Å². The third-order valence-corrected chi connectivity index (χ3v) is 6.35. The minimum atomic E-state index is -3.02. The predicted molar refractivity (Wildman–Crippen MR) is 84.8 cm³/mol. The van der Waals surface area contributed by atoms with Crippen molar-refractivity contribution in [1.29, 1.82) is 0 Å². The van der Waals surface area contributed by atoms with E-state index in [1.807, 2.05) is 24.3 Å². The van der Waals surface area contributed by atoms with E-state index in [9.17, 15) is 18.0 Å². The van der Waals surface area contributed by atoms with Crippen molar-refractivity contribution in [3.63, 3.8) is 0 Å². The molecule has 1 fully saturated rings. The number of hydrogen-bond donors (Lipinski definition) is 0. The average molecular weight is 337 g/mol. The average Bonchev–Trinajstić information content (AvgIpc) is 3.06. The molecule has 0 radical (unpaired) electrons. The monoisotopic (exact) mass is 337 g/mol. The SMILES string of the molecule is COC(=O)C1Cc2ccccc2N1C(=O)CC1CCS(=O)(=O)C1. The lowest BCUT2D eigenvalue weighted by molar-refractivity contribution is -0.143. The highest BCUT2D eigenvalue weighted by Gasteiger charge is 2.40. The molecule has 1 aromatic rings. The molecule has 1 amide bonds. The molecule has 1 aromatic carbocycles.